The Morgan fingerprint density at radius 1 is 1.30 bits per heavy atom. The van der Waals surface area contributed by atoms with Gasteiger partial charge < -0.3 is 16.4 Å². The van der Waals surface area contributed by atoms with Crippen molar-refractivity contribution in [1.82, 2.24) is 10.3 Å². The second-order valence-electron chi connectivity index (χ2n) is 4.36. The standard InChI is InChI=1S/C14H18N4OS/c15-13-5-4-11(10-18-13)16-6-2-7-17-14(19)9-12-3-1-8-20-12/h1,3-5,8,10,16H,2,6-7,9H2,(H2,15,18)(H,17,19). The number of thiophene rings is 1. The van der Waals surface area contributed by atoms with E-state index >= 15 is 0 Å². The van der Waals surface area contributed by atoms with Crippen molar-refractivity contribution in [3.05, 3.63) is 40.7 Å². The zero-order valence-corrected chi connectivity index (χ0v) is 12.0. The van der Waals surface area contributed by atoms with Crippen LogP contribution in [0.3, 0.4) is 0 Å². The van der Waals surface area contributed by atoms with E-state index in [1.54, 1.807) is 23.6 Å². The molecular formula is C14H18N4OS. The van der Waals surface area contributed by atoms with Gasteiger partial charge in [-0.3, -0.25) is 4.79 Å². The lowest BCUT2D eigenvalue weighted by Gasteiger charge is -2.07. The van der Waals surface area contributed by atoms with E-state index in [9.17, 15) is 4.79 Å². The highest BCUT2D eigenvalue weighted by Gasteiger charge is 2.02. The van der Waals surface area contributed by atoms with Crippen LogP contribution in [-0.4, -0.2) is 24.0 Å². The molecule has 5 nitrogen and oxygen atoms in total. The van der Waals surface area contributed by atoms with Crippen molar-refractivity contribution in [3.8, 4) is 0 Å². The molecular weight excluding hydrogens is 272 g/mol. The molecule has 0 bridgehead atoms. The summed E-state index contributed by atoms with van der Waals surface area (Å²) in [7, 11) is 0. The Hall–Kier alpha value is -2.08. The van der Waals surface area contributed by atoms with Crippen LogP contribution in [0.1, 0.15) is 11.3 Å². The molecule has 0 aliphatic heterocycles. The van der Waals surface area contributed by atoms with Crippen LogP contribution in [0.2, 0.25) is 0 Å². The first-order valence-electron chi connectivity index (χ1n) is 6.48. The van der Waals surface area contributed by atoms with Gasteiger partial charge in [-0.1, -0.05) is 6.07 Å². The molecule has 0 aromatic carbocycles. The summed E-state index contributed by atoms with van der Waals surface area (Å²) in [4.78, 5) is 16.7. The SMILES string of the molecule is Nc1ccc(NCCCNC(=O)Cc2cccs2)cn1. The minimum atomic E-state index is 0.0709. The van der Waals surface area contributed by atoms with Crippen LogP contribution < -0.4 is 16.4 Å². The van der Waals surface area contributed by atoms with Crippen molar-refractivity contribution in [2.45, 2.75) is 12.8 Å². The second-order valence-corrected chi connectivity index (χ2v) is 5.39. The molecule has 1 amide bonds. The Labute approximate surface area is 122 Å². The zero-order chi connectivity index (χ0) is 14.2. The van der Waals surface area contributed by atoms with Gasteiger partial charge in [0.2, 0.25) is 5.91 Å². The average molecular weight is 290 g/mol. The molecule has 4 N–H and O–H groups in total. The molecule has 0 saturated carbocycles. The first kappa shape index (κ1) is 14.3. The maximum absolute atomic E-state index is 11.6. The number of hydrogen-bond acceptors (Lipinski definition) is 5. The summed E-state index contributed by atoms with van der Waals surface area (Å²) in [6.07, 6.45) is 3.03. The van der Waals surface area contributed by atoms with Gasteiger partial charge in [0.05, 0.1) is 18.3 Å². The molecule has 0 radical (unpaired) electrons. The number of amides is 1. The molecule has 6 heteroatoms. The van der Waals surface area contributed by atoms with Crippen molar-refractivity contribution in [2.75, 3.05) is 24.1 Å². The maximum Gasteiger partial charge on any atom is 0.225 e. The number of hydrogen-bond donors (Lipinski definition) is 3. The highest BCUT2D eigenvalue weighted by atomic mass is 32.1. The molecule has 0 saturated heterocycles. The fourth-order valence-electron chi connectivity index (χ4n) is 1.69. The first-order valence-corrected chi connectivity index (χ1v) is 7.36. The molecule has 2 heterocycles. The summed E-state index contributed by atoms with van der Waals surface area (Å²) in [5, 5.41) is 8.11. The van der Waals surface area contributed by atoms with Crippen molar-refractivity contribution in [3.63, 3.8) is 0 Å². The maximum atomic E-state index is 11.6. The van der Waals surface area contributed by atoms with E-state index in [1.165, 1.54) is 0 Å². The molecule has 2 aromatic rings. The zero-order valence-electron chi connectivity index (χ0n) is 11.1. The number of pyridine rings is 1. The van der Waals surface area contributed by atoms with E-state index in [0.29, 0.717) is 18.8 Å². The van der Waals surface area contributed by atoms with Crippen LogP contribution in [-0.2, 0) is 11.2 Å². The summed E-state index contributed by atoms with van der Waals surface area (Å²) in [6, 6.07) is 7.57. The fraction of sp³-hybridized carbons (Fsp3) is 0.286. The van der Waals surface area contributed by atoms with E-state index < -0.39 is 0 Å². The van der Waals surface area contributed by atoms with E-state index in [-0.39, 0.29) is 5.91 Å². The molecule has 20 heavy (non-hydrogen) atoms. The molecule has 0 aliphatic rings. The van der Waals surface area contributed by atoms with Crippen LogP contribution in [0, 0.1) is 0 Å². The lowest BCUT2D eigenvalue weighted by Crippen LogP contribution is -2.27. The molecule has 0 unspecified atom stereocenters. The van der Waals surface area contributed by atoms with Gasteiger partial charge in [0.15, 0.2) is 0 Å². The first-order chi connectivity index (χ1) is 9.74. The monoisotopic (exact) mass is 290 g/mol. The number of nitrogens with two attached hydrogens (primary N) is 1. The summed E-state index contributed by atoms with van der Waals surface area (Å²) >= 11 is 1.60. The normalized spacial score (nSPS) is 10.2. The van der Waals surface area contributed by atoms with Crippen molar-refractivity contribution in [1.29, 1.82) is 0 Å². The summed E-state index contributed by atoms with van der Waals surface area (Å²) in [6.45, 7) is 1.45. The molecule has 106 valence electrons. The average Bonchev–Trinajstić information content (AvgIpc) is 2.93. The predicted molar refractivity (Wildman–Crippen MR) is 82.8 cm³/mol. The summed E-state index contributed by atoms with van der Waals surface area (Å²) < 4.78 is 0. The van der Waals surface area contributed by atoms with Gasteiger partial charge in [0.25, 0.3) is 0 Å². The lowest BCUT2D eigenvalue weighted by molar-refractivity contribution is -0.120. The Bertz CT molecular complexity index is 525. The van der Waals surface area contributed by atoms with Crippen molar-refractivity contribution in [2.24, 2.45) is 0 Å². The molecule has 0 atom stereocenters. The van der Waals surface area contributed by atoms with Crippen molar-refractivity contribution >= 4 is 28.7 Å². The third kappa shape index (κ3) is 4.89. The minimum absolute atomic E-state index is 0.0709. The number of aromatic nitrogens is 1. The van der Waals surface area contributed by atoms with Crippen LogP contribution in [0.4, 0.5) is 11.5 Å². The Morgan fingerprint density at radius 2 is 2.20 bits per heavy atom. The predicted octanol–water partition coefficient (Wildman–Crippen LogP) is 1.89. The highest BCUT2D eigenvalue weighted by molar-refractivity contribution is 7.10. The molecule has 0 spiro atoms. The third-order valence-corrected chi connectivity index (χ3v) is 3.58. The summed E-state index contributed by atoms with van der Waals surface area (Å²) in [5.41, 5.74) is 6.44. The second kappa shape index (κ2) is 7.49. The Morgan fingerprint density at radius 3 is 2.90 bits per heavy atom. The van der Waals surface area contributed by atoms with Crippen LogP contribution in [0.25, 0.3) is 0 Å². The van der Waals surface area contributed by atoms with Crippen molar-refractivity contribution < 1.29 is 4.79 Å². The number of carbonyl (C=O) groups is 1. The van der Waals surface area contributed by atoms with Gasteiger partial charge in [0, 0.05) is 18.0 Å². The molecule has 0 fully saturated rings. The highest BCUT2D eigenvalue weighted by Crippen LogP contribution is 2.09. The molecule has 2 aromatic heterocycles. The van der Waals surface area contributed by atoms with E-state index in [0.717, 1.165) is 23.5 Å². The third-order valence-electron chi connectivity index (χ3n) is 2.71. The molecule has 0 aliphatic carbocycles. The summed E-state index contributed by atoms with van der Waals surface area (Å²) in [5.74, 6) is 0.581. The largest absolute Gasteiger partial charge is 0.384 e. The van der Waals surface area contributed by atoms with E-state index in [4.69, 9.17) is 5.73 Å². The fourth-order valence-corrected chi connectivity index (χ4v) is 2.40. The van der Waals surface area contributed by atoms with Gasteiger partial charge in [-0.05, 0) is 30.0 Å². The molecule has 2 rings (SSSR count). The lowest BCUT2D eigenvalue weighted by atomic mass is 10.3. The van der Waals surface area contributed by atoms with Gasteiger partial charge in [-0.15, -0.1) is 11.3 Å². The van der Waals surface area contributed by atoms with Crippen LogP contribution in [0.5, 0.6) is 0 Å². The number of rotatable bonds is 7. The van der Waals surface area contributed by atoms with E-state index in [1.807, 2.05) is 23.6 Å². The topological polar surface area (TPSA) is 80.0 Å². The number of anilines is 2. The van der Waals surface area contributed by atoms with Gasteiger partial charge in [0.1, 0.15) is 5.82 Å². The number of nitrogen functional groups attached to an aromatic ring is 1. The Kier molecular flexibility index (Phi) is 5.37. The smallest absolute Gasteiger partial charge is 0.225 e. The minimum Gasteiger partial charge on any atom is -0.384 e. The van der Waals surface area contributed by atoms with Gasteiger partial charge >= 0.3 is 0 Å². The van der Waals surface area contributed by atoms with E-state index in [2.05, 4.69) is 15.6 Å². The van der Waals surface area contributed by atoms with Crippen LogP contribution >= 0.6 is 11.3 Å². The quantitative estimate of drug-likeness (QED) is 0.680. The van der Waals surface area contributed by atoms with Crippen LogP contribution in [0.15, 0.2) is 35.8 Å². The van der Waals surface area contributed by atoms with Gasteiger partial charge in [-0.25, -0.2) is 4.98 Å². The Balaban J connectivity index is 1.57. The number of carbonyl (C=O) groups excluding carboxylic acids is 1. The number of nitrogens with one attached hydrogen (secondary N) is 2. The number of nitrogens with zero attached hydrogens (tertiary/aromatic N) is 1. The van der Waals surface area contributed by atoms with Gasteiger partial charge in [-0.2, -0.15) is 0 Å².